The van der Waals surface area contributed by atoms with Gasteiger partial charge in [-0.1, -0.05) is 45.0 Å². The van der Waals surface area contributed by atoms with Crippen LogP contribution in [-0.2, 0) is 46.1 Å². The van der Waals surface area contributed by atoms with Crippen molar-refractivity contribution in [3.8, 4) is 22.3 Å². The van der Waals surface area contributed by atoms with Gasteiger partial charge in [-0.2, -0.15) is 18.4 Å². The van der Waals surface area contributed by atoms with Crippen molar-refractivity contribution in [1.82, 2.24) is 20.5 Å². The van der Waals surface area contributed by atoms with Crippen molar-refractivity contribution >= 4 is 63.7 Å². The molecule has 3 aromatic carbocycles. The topological polar surface area (TPSA) is 196 Å². The quantitative estimate of drug-likeness (QED) is 0.0673. The van der Waals surface area contributed by atoms with E-state index >= 15 is 0 Å². The Labute approximate surface area is 413 Å². The number of carbonyl (C=O) groups excluding carboxylic acids is 4. The summed E-state index contributed by atoms with van der Waals surface area (Å²) in [5.41, 5.74) is 1.34. The maximum Gasteiger partial charge on any atom is 0.417 e. The van der Waals surface area contributed by atoms with E-state index in [-0.39, 0.29) is 76.6 Å². The summed E-state index contributed by atoms with van der Waals surface area (Å²) in [7, 11) is 0. The Kier molecular flexibility index (Phi) is 17.4. The fourth-order valence-corrected chi connectivity index (χ4v) is 9.29. The zero-order chi connectivity index (χ0) is 51.0. The number of benzene rings is 3. The van der Waals surface area contributed by atoms with E-state index in [4.69, 9.17) is 31.2 Å². The molecule has 2 aliphatic heterocycles. The third kappa shape index (κ3) is 12.8. The van der Waals surface area contributed by atoms with Crippen molar-refractivity contribution in [3.05, 3.63) is 94.6 Å². The van der Waals surface area contributed by atoms with Gasteiger partial charge >= 0.3 is 6.18 Å². The molecule has 3 N–H and O–H groups in total. The van der Waals surface area contributed by atoms with Crippen LogP contribution in [0.3, 0.4) is 0 Å². The third-order valence-corrected chi connectivity index (χ3v) is 13.0. The number of aryl methyl sites for hydroxylation is 1. The van der Waals surface area contributed by atoms with Crippen LogP contribution >= 0.6 is 23.6 Å². The number of ether oxygens (including phenoxy) is 4. The SMILES string of the molecule is Cc1ncsc1-c1ccc(CNC(=O)[C@@H]2C[C@H](O)CN2C(=O)C(NC(=O)COCCOCCOCCOc2ccc(N3C(=S)N(c4ccc(C#N)c(C(F)(F)F)c4)C(=O)C3(C)C)cc2)C(C)(C)C)cc1. The third-order valence-electron chi connectivity index (χ3n) is 11.6. The van der Waals surface area contributed by atoms with Crippen LogP contribution in [0.5, 0.6) is 5.75 Å². The van der Waals surface area contributed by atoms with E-state index in [1.165, 1.54) is 17.0 Å². The number of hydrogen-bond acceptors (Lipinski definition) is 13. The van der Waals surface area contributed by atoms with Crippen LogP contribution in [0.25, 0.3) is 10.4 Å². The lowest BCUT2D eigenvalue weighted by atomic mass is 9.85. The van der Waals surface area contributed by atoms with Crippen molar-refractivity contribution in [1.29, 1.82) is 5.26 Å². The van der Waals surface area contributed by atoms with Crippen LogP contribution in [0, 0.1) is 23.7 Å². The predicted octanol–water partition coefficient (Wildman–Crippen LogP) is 6.16. The van der Waals surface area contributed by atoms with Gasteiger partial charge in [-0.25, -0.2) is 4.98 Å². The normalized spacial score (nSPS) is 17.4. The van der Waals surface area contributed by atoms with Crippen LogP contribution in [0.4, 0.5) is 24.5 Å². The lowest BCUT2D eigenvalue weighted by Crippen LogP contribution is -2.58. The van der Waals surface area contributed by atoms with Crippen molar-refractivity contribution in [2.75, 3.05) is 62.6 Å². The van der Waals surface area contributed by atoms with E-state index in [0.717, 1.165) is 38.7 Å². The lowest BCUT2D eigenvalue weighted by Gasteiger charge is -2.35. The highest BCUT2D eigenvalue weighted by Crippen LogP contribution is 2.40. The summed E-state index contributed by atoms with van der Waals surface area (Å²) in [5, 5.41) is 25.4. The van der Waals surface area contributed by atoms with Crippen molar-refractivity contribution in [2.45, 2.75) is 84.4 Å². The van der Waals surface area contributed by atoms with Gasteiger partial charge in [0.2, 0.25) is 17.7 Å². The molecule has 1 aromatic heterocycles. The number of amides is 4. The number of nitrogens with one attached hydrogen (secondary N) is 2. The average molecular weight is 1010 g/mol. The van der Waals surface area contributed by atoms with Gasteiger partial charge in [0.15, 0.2) is 5.11 Å². The second kappa shape index (κ2) is 22.8. The molecule has 2 saturated heterocycles. The smallest absolute Gasteiger partial charge is 0.417 e. The minimum atomic E-state index is -4.81. The Morgan fingerprint density at radius 3 is 2.19 bits per heavy atom. The fourth-order valence-electron chi connectivity index (χ4n) is 7.96. The second-order valence-electron chi connectivity index (χ2n) is 18.2. The molecule has 2 fully saturated rings. The number of thiazole rings is 1. The molecule has 0 aliphatic carbocycles. The lowest BCUT2D eigenvalue weighted by molar-refractivity contribution is -0.144. The first-order valence-corrected chi connectivity index (χ1v) is 23.7. The number of rotatable bonds is 20. The molecule has 0 bridgehead atoms. The number of nitriles is 1. The van der Waals surface area contributed by atoms with Gasteiger partial charge in [0.25, 0.3) is 5.91 Å². The Bertz CT molecular complexity index is 2560. The van der Waals surface area contributed by atoms with Crippen LogP contribution in [0.2, 0.25) is 0 Å². The average Bonchev–Trinajstić information content (AvgIpc) is 3.98. The number of aliphatic hydroxyl groups excluding tert-OH is 1. The largest absolute Gasteiger partial charge is 0.491 e. The first-order chi connectivity index (χ1) is 33.1. The van der Waals surface area contributed by atoms with Crippen molar-refractivity contribution < 1.29 is 56.4 Å². The van der Waals surface area contributed by atoms with Crippen molar-refractivity contribution in [2.24, 2.45) is 5.41 Å². The maximum atomic E-state index is 13.9. The highest BCUT2D eigenvalue weighted by atomic mass is 32.1. The second-order valence-corrected chi connectivity index (χ2v) is 19.4. The zero-order valence-corrected chi connectivity index (χ0v) is 41.3. The number of aliphatic hydroxyl groups is 1. The molecule has 2 aliphatic rings. The van der Waals surface area contributed by atoms with Crippen LogP contribution in [-0.4, -0.2) is 120 Å². The van der Waals surface area contributed by atoms with Gasteiger partial charge in [0.05, 0.1) is 78.1 Å². The number of alkyl halides is 3. The van der Waals surface area contributed by atoms with E-state index < -0.39 is 70.1 Å². The summed E-state index contributed by atoms with van der Waals surface area (Å²) in [6, 6.07) is 17.1. The number of aromatic nitrogens is 1. The van der Waals surface area contributed by atoms with Gasteiger partial charge in [-0.3, -0.25) is 24.1 Å². The molecule has 0 radical (unpaired) electrons. The summed E-state index contributed by atoms with van der Waals surface area (Å²) in [6.45, 7) is 11.6. The predicted molar refractivity (Wildman–Crippen MR) is 259 cm³/mol. The molecule has 4 aromatic rings. The molecule has 1 unspecified atom stereocenters. The van der Waals surface area contributed by atoms with Gasteiger partial charge in [0, 0.05) is 25.2 Å². The molecule has 0 saturated carbocycles. The number of carbonyl (C=O) groups is 4. The molecule has 21 heteroatoms. The number of β-amino-alcohol motifs (C(OH)–C–C–N with tert-alkyl or cyclic N) is 1. The zero-order valence-electron chi connectivity index (χ0n) is 39.6. The number of likely N-dealkylation sites (tertiary alicyclic amines) is 1. The van der Waals surface area contributed by atoms with Crippen LogP contribution < -0.4 is 25.2 Å². The van der Waals surface area contributed by atoms with Gasteiger partial charge in [-0.15, -0.1) is 11.3 Å². The highest BCUT2D eigenvalue weighted by molar-refractivity contribution is 7.81. The standard InChI is InChI=1S/C49H56F3N7O9S2/c1-30-41(70-29-55-30)32-9-7-31(8-10-32)26-54-43(62)39-24-36(60)27-57(39)44(63)42(47(2,3)4)56-40(61)28-67-20-19-65-17-18-66-21-22-68-37-15-13-34(14-16-37)59-46(69)58(45(64)48(59,5)6)35-12-11-33(25-53)38(23-35)49(50,51)52/h7-16,23,29,36,39,42,60H,17-22,24,26-28H2,1-6H3,(H,54,62)(H,56,61)/t36-,39-,42?/m0/s1. The first kappa shape index (κ1) is 53.3. The van der Waals surface area contributed by atoms with E-state index in [2.05, 4.69) is 15.6 Å². The molecule has 374 valence electrons. The van der Waals surface area contributed by atoms with Gasteiger partial charge in [-0.05, 0) is 92.0 Å². The number of thiocarbonyl (C=S) groups is 1. The Morgan fingerprint density at radius 2 is 1.59 bits per heavy atom. The first-order valence-electron chi connectivity index (χ1n) is 22.4. The van der Waals surface area contributed by atoms with Crippen LogP contribution in [0.15, 0.2) is 72.2 Å². The number of nitrogens with zero attached hydrogens (tertiary/aromatic N) is 5. The van der Waals surface area contributed by atoms with Crippen molar-refractivity contribution in [3.63, 3.8) is 0 Å². The van der Waals surface area contributed by atoms with E-state index in [9.17, 15) is 42.7 Å². The molecule has 3 atom stereocenters. The molecular formula is C49H56F3N7O9S2. The maximum absolute atomic E-state index is 13.9. The summed E-state index contributed by atoms with van der Waals surface area (Å²) in [4.78, 5) is 63.1. The Morgan fingerprint density at radius 1 is 0.957 bits per heavy atom. The molecule has 4 amide bonds. The highest BCUT2D eigenvalue weighted by Gasteiger charge is 2.51. The number of halogens is 3. The molecule has 6 rings (SSSR count). The number of hydrogen-bond donors (Lipinski definition) is 3. The molecule has 3 heterocycles. The van der Waals surface area contributed by atoms with E-state index in [1.807, 2.05) is 31.2 Å². The monoisotopic (exact) mass is 1010 g/mol. The fraction of sp³-hybridized carbons (Fsp3) is 0.449. The summed E-state index contributed by atoms with van der Waals surface area (Å²) in [5.74, 6) is -1.45. The number of anilines is 2. The van der Waals surface area contributed by atoms with Gasteiger partial charge in [0.1, 0.15) is 36.6 Å². The Balaban J connectivity index is 0.867. The minimum Gasteiger partial charge on any atom is -0.491 e. The van der Waals surface area contributed by atoms with Gasteiger partial charge < -0.3 is 44.5 Å². The minimum absolute atomic E-state index is 0.0248. The molecule has 0 spiro atoms. The summed E-state index contributed by atoms with van der Waals surface area (Å²) >= 11 is 7.16. The summed E-state index contributed by atoms with van der Waals surface area (Å²) < 4.78 is 63.5. The Hall–Kier alpha value is -6.02. The van der Waals surface area contributed by atoms with Crippen LogP contribution in [0.1, 0.15) is 63.4 Å². The van der Waals surface area contributed by atoms with E-state index in [1.54, 1.807) is 80.6 Å². The molecule has 70 heavy (non-hydrogen) atoms. The molecular weight excluding hydrogens is 952 g/mol. The van der Waals surface area contributed by atoms with E-state index in [0.29, 0.717) is 11.4 Å². The summed E-state index contributed by atoms with van der Waals surface area (Å²) in [6.07, 6.45) is -5.64. The molecule has 16 nitrogen and oxygen atoms in total.